The topological polar surface area (TPSA) is 51.1 Å². The number of nitrogens with zero attached hydrogens (tertiary/aromatic N) is 1. The maximum absolute atomic E-state index is 12.3. The number of fused-ring (bicyclic) bond motifs is 1. The minimum absolute atomic E-state index is 0.0913. The molecule has 1 amide bonds. The van der Waals surface area contributed by atoms with Gasteiger partial charge in [-0.25, -0.2) is 0 Å². The first kappa shape index (κ1) is 13.1. The molecule has 0 aliphatic rings. The smallest absolute Gasteiger partial charge is 0.255 e. The number of hydrogen-bond donors (Lipinski definition) is 1. The first-order valence-corrected chi connectivity index (χ1v) is 6.64. The molecule has 0 atom stereocenters. The average Bonchev–Trinajstić information content (AvgIpc) is 2.93. The zero-order valence-corrected chi connectivity index (χ0v) is 11.5. The van der Waals surface area contributed by atoms with Gasteiger partial charge in [-0.2, -0.15) is 0 Å². The number of hydrogen-bond acceptors (Lipinski definition) is 2. The van der Waals surface area contributed by atoms with Crippen LogP contribution in [0.1, 0.15) is 22.1 Å². The molecule has 104 valence electrons. The molecule has 0 fully saturated rings. The van der Waals surface area contributed by atoms with Gasteiger partial charge >= 0.3 is 0 Å². The van der Waals surface area contributed by atoms with Crippen LogP contribution >= 0.6 is 0 Å². The van der Waals surface area contributed by atoms with E-state index in [-0.39, 0.29) is 11.8 Å². The Morgan fingerprint density at radius 3 is 2.43 bits per heavy atom. The summed E-state index contributed by atoms with van der Waals surface area (Å²) >= 11 is 0. The lowest BCUT2D eigenvalue weighted by molar-refractivity contribution is 0.0940. The molecule has 4 nitrogen and oxygen atoms in total. The van der Waals surface area contributed by atoms with E-state index in [4.69, 9.17) is 0 Å². The summed E-state index contributed by atoms with van der Waals surface area (Å²) in [5.41, 5.74) is 1.92. The summed E-state index contributed by atoms with van der Waals surface area (Å²) in [6, 6.07) is 16.4. The third kappa shape index (κ3) is 2.43. The molecule has 3 aromatic rings. The molecule has 2 aromatic carbocycles. The lowest BCUT2D eigenvalue weighted by Gasteiger charge is -2.09. The number of para-hydroxylation sites is 1. The molecule has 3 rings (SSSR count). The second kappa shape index (κ2) is 5.25. The highest BCUT2D eigenvalue weighted by atomic mass is 16.2. The van der Waals surface area contributed by atoms with E-state index < -0.39 is 0 Å². The number of carbonyl (C=O) groups is 2. The third-order valence-electron chi connectivity index (χ3n) is 3.33. The predicted octanol–water partition coefficient (Wildman–Crippen LogP) is 3.55. The highest BCUT2D eigenvalue weighted by Crippen LogP contribution is 2.25. The van der Waals surface area contributed by atoms with Crippen molar-refractivity contribution >= 4 is 28.4 Å². The number of nitrogens with one attached hydrogen (secondary N) is 1. The number of amides is 1. The summed E-state index contributed by atoms with van der Waals surface area (Å²) in [5, 5.41) is 3.78. The van der Waals surface area contributed by atoms with Crippen LogP contribution in [0.15, 0.2) is 60.8 Å². The van der Waals surface area contributed by atoms with Crippen LogP contribution in [-0.2, 0) is 0 Å². The number of anilines is 1. The molecule has 0 unspecified atom stereocenters. The molecule has 21 heavy (non-hydrogen) atoms. The molecular weight excluding hydrogens is 264 g/mol. The van der Waals surface area contributed by atoms with Crippen molar-refractivity contribution in [2.45, 2.75) is 6.92 Å². The van der Waals surface area contributed by atoms with Gasteiger partial charge in [-0.15, -0.1) is 0 Å². The molecule has 4 heteroatoms. The minimum Gasteiger partial charge on any atom is -0.320 e. The summed E-state index contributed by atoms with van der Waals surface area (Å²) in [7, 11) is 0. The van der Waals surface area contributed by atoms with Crippen LogP contribution in [-0.4, -0.2) is 16.4 Å². The Hall–Kier alpha value is -2.88. The van der Waals surface area contributed by atoms with Crippen LogP contribution in [0, 0.1) is 0 Å². The standard InChI is InChI=1S/C17H14N2O2/c1-12(20)19-11-10-13-8-5-9-15(16(13)19)18-17(21)14-6-3-2-4-7-14/h2-11H,1H3,(H,18,21). The van der Waals surface area contributed by atoms with E-state index in [9.17, 15) is 9.59 Å². The van der Waals surface area contributed by atoms with Gasteiger partial charge in [-0.3, -0.25) is 14.2 Å². The fourth-order valence-electron chi connectivity index (χ4n) is 2.34. The first-order valence-electron chi connectivity index (χ1n) is 6.64. The molecule has 0 aliphatic heterocycles. The van der Waals surface area contributed by atoms with Crippen molar-refractivity contribution in [3.05, 3.63) is 66.4 Å². The van der Waals surface area contributed by atoms with E-state index in [1.807, 2.05) is 36.4 Å². The summed E-state index contributed by atoms with van der Waals surface area (Å²) in [6.45, 7) is 1.50. The molecule has 1 heterocycles. The fourth-order valence-corrected chi connectivity index (χ4v) is 2.34. The van der Waals surface area contributed by atoms with Gasteiger partial charge in [-0.1, -0.05) is 30.3 Å². The maximum Gasteiger partial charge on any atom is 0.255 e. The van der Waals surface area contributed by atoms with Gasteiger partial charge in [0.15, 0.2) is 0 Å². The van der Waals surface area contributed by atoms with Gasteiger partial charge in [0, 0.05) is 24.1 Å². The molecule has 0 bridgehead atoms. The van der Waals surface area contributed by atoms with Crippen molar-refractivity contribution in [1.82, 2.24) is 4.57 Å². The van der Waals surface area contributed by atoms with Gasteiger partial charge in [0.1, 0.15) is 0 Å². The van der Waals surface area contributed by atoms with Crippen LogP contribution in [0.5, 0.6) is 0 Å². The first-order chi connectivity index (χ1) is 10.2. The van der Waals surface area contributed by atoms with E-state index in [1.54, 1.807) is 24.4 Å². The Labute approximate surface area is 122 Å². The van der Waals surface area contributed by atoms with Gasteiger partial charge in [0.25, 0.3) is 5.91 Å². The summed E-state index contributed by atoms with van der Waals surface area (Å²) < 4.78 is 1.54. The second-order valence-corrected chi connectivity index (χ2v) is 4.77. The maximum atomic E-state index is 12.3. The Balaban J connectivity index is 2.03. The van der Waals surface area contributed by atoms with Crippen molar-refractivity contribution in [3.8, 4) is 0 Å². The SMILES string of the molecule is CC(=O)n1ccc2cccc(NC(=O)c3ccccc3)c21. The molecule has 0 radical (unpaired) electrons. The van der Waals surface area contributed by atoms with Gasteiger partial charge < -0.3 is 5.32 Å². The zero-order chi connectivity index (χ0) is 14.8. The minimum atomic E-state index is -0.195. The van der Waals surface area contributed by atoms with E-state index >= 15 is 0 Å². The Morgan fingerprint density at radius 2 is 1.71 bits per heavy atom. The summed E-state index contributed by atoms with van der Waals surface area (Å²) in [5.74, 6) is -0.286. The highest BCUT2D eigenvalue weighted by Gasteiger charge is 2.12. The normalized spacial score (nSPS) is 10.5. The molecule has 1 aromatic heterocycles. The molecule has 1 N–H and O–H groups in total. The molecule has 0 saturated heterocycles. The lowest BCUT2D eigenvalue weighted by atomic mass is 10.2. The van der Waals surface area contributed by atoms with Crippen LogP contribution in [0.25, 0.3) is 10.9 Å². The number of carbonyl (C=O) groups excluding carboxylic acids is 2. The van der Waals surface area contributed by atoms with Crippen molar-refractivity contribution in [2.24, 2.45) is 0 Å². The van der Waals surface area contributed by atoms with Crippen molar-refractivity contribution < 1.29 is 9.59 Å². The van der Waals surface area contributed by atoms with Crippen LogP contribution in [0.3, 0.4) is 0 Å². The van der Waals surface area contributed by atoms with Crippen molar-refractivity contribution in [1.29, 1.82) is 0 Å². The summed E-state index contributed by atoms with van der Waals surface area (Å²) in [4.78, 5) is 23.9. The largest absolute Gasteiger partial charge is 0.320 e. The van der Waals surface area contributed by atoms with Crippen molar-refractivity contribution in [3.63, 3.8) is 0 Å². The van der Waals surface area contributed by atoms with E-state index in [0.717, 1.165) is 5.39 Å². The predicted molar refractivity (Wildman–Crippen MR) is 82.6 cm³/mol. The average molecular weight is 278 g/mol. The monoisotopic (exact) mass is 278 g/mol. The number of benzene rings is 2. The Morgan fingerprint density at radius 1 is 0.952 bits per heavy atom. The van der Waals surface area contributed by atoms with Gasteiger partial charge in [0.05, 0.1) is 11.2 Å². The Kier molecular flexibility index (Phi) is 3.28. The van der Waals surface area contributed by atoms with E-state index in [1.165, 1.54) is 11.5 Å². The van der Waals surface area contributed by atoms with Gasteiger partial charge in [-0.05, 0) is 24.3 Å². The van der Waals surface area contributed by atoms with Crippen LogP contribution < -0.4 is 5.32 Å². The number of rotatable bonds is 2. The van der Waals surface area contributed by atoms with Crippen molar-refractivity contribution in [2.75, 3.05) is 5.32 Å². The van der Waals surface area contributed by atoms with Crippen LogP contribution in [0.2, 0.25) is 0 Å². The lowest BCUT2D eigenvalue weighted by Crippen LogP contribution is -2.13. The third-order valence-corrected chi connectivity index (χ3v) is 3.33. The number of aromatic nitrogens is 1. The fraction of sp³-hybridized carbons (Fsp3) is 0.0588. The zero-order valence-electron chi connectivity index (χ0n) is 11.5. The molecule has 0 saturated carbocycles. The van der Waals surface area contributed by atoms with Crippen LogP contribution in [0.4, 0.5) is 5.69 Å². The van der Waals surface area contributed by atoms with E-state index in [0.29, 0.717) is 16.8 Å². The van der Waals surface area contributed by atoms with Gasteiger partial charge in [0.2, 0.25) is 5.91 Å². The molecular formula is C17H14N2O2. The molecule has 0 aliphatic carbocycles. The summed E-state index contributed by atoms with van der Waals surface area (Å²) in [6.07, 6.45) is 1.71. The highest BCUT2D eigenvalue weighted by molar-refractivity contribution is 6.09. The van der Waals surface area contributed by atoms with E-state index in [2.05, 4.69) is 5.32 Å². The molecule has 0 spiro atoms. The Bertz CT molecular complexity index is 819. The second-order valence-electron chi connectivity index (χ2n) is 4.77. The quantitative estimate of drug-likeness (QED) is 0.779.